The summed E-state index contributed by atoms with van der Waals surface area (Å²) in [6.07, 6.45) is 1.92. The average molecular weight is 225 g/mol. The molecule has 2 heterocycles. The Labute approximate surface area is 93.5 Å². The molecule has 1 aromatic heterocycles. The Hall–Kier alpha value is -1.10. The summed E-state index contributed by atoms with van der Waals surface area (Å²) in [5, 5.41) is 3.21. The zero-order valence-corrected chi connectivity index (χ0v) is 9.66. The number of carbonyl (C=O) groups is 1. The molecule has 5 heteroatoms. The van der Waals surface area contributed by atoms with E-state index < -0.39 is 0 Å². The number of piperazine rings is 1. The van der Waals surface area contributed by atoms with E-state index >= 15 is 0 Å². The molecule has 82 valence electrons. The van der Waals surface area contributed by atoms with Crippen LogP contribution >= 0.6 is 11.3 Å². The van der Waals surface area contributed by atoms with Crippen molar-refractivity contribution < 1.29 is 4.79 Å². The third-order valence-electron chi connectivity index (χ3n) is 2.64. The lowest BCUT2D eigenvalue weighted by Gasteiger charge is -2.32. The van der Waals surface area contributed by atoms with Gasteiger partial charge in [-0.2, -0.15) is 0 Å². The molecule has 1 amide bonds. The number of rotatable bonds is 3. The van der Waals surface area contributed by atoms with Crippen molar-refractivity contribution in [2.75, 3.05) is 31.1 Å². The minimum Gasteiger partial charge on any atom is -0.345 e. The zero-order chi connectivity index (χ0) is 10.7. The van der Waals surface area contributed by atoms with Gasteiger partial charge in [-0.1, -0.05) is 6.92 Å². The summed E-state index contributed by atoms with van der Waals surface area (Å²) in [5.74, 6) is 0. The standard InChI is InChI=1S/C10H15N3OS/c1-2-9-7-15-10(11-9)13-5-3-12(8-14)4-6-13/h7-8H,2-6H2,1H3. The van der Waals surface area contributed by atoms with Crippen LogP contribution in [0.4, 0.5) is 5.13 Å². The Kier molecular flexibility index (Phi) is 3.20. The van der Waals surface area contributed by atoms with Crippen molar-refractivity contribution in [1.82, 2.24) is 9.88 Å². The molecule has 1 saturated heterocycles. The molecule has 1 aromatic rings. The third kappa shape index (κ3) is 2.28. The van der Waals surface area contributed by atoms with Crippen molar-refractivity contribution in [3.05, 3.63) is 11.1 Å². The lowest BCUT2D eigenvalue weighted by molar-refractivity contribution is -0.118. The van der Waals surface area contributed by atoms with E-state index in [9.17, 15) is 4.79 Å². The van der Waals surface area contributed by atoms with E-state index in [2.05, 4.69) is 22.2 Å². The molecule has 0 N–H and O–H groups in total. The Morgan fingerprint density at radius 3 is 2.73 bits per heavy atom. The van der Waals surface area contributed by atoms with E-state index in [0.717, 1.165) is 49.8 Å². The van der Waals surface area contributed by atoms with Crippen LogP contribution in [0.25, 0.3) is 0 Å². The number of thiazole rings is 1. The fraction of sp³-hybridized carbons (Fsp3) is 0.600. The van der Waals surface area contributed by atoms with Gasteiger partial charge in [0.05, 0.1) is 5.69 Å². The first kappa shape index (κ1) is 10.4. The number of amides is 1. The van der Waals surface area contributed by atoms with E-state index in [1.807, 2.05) is 4.90 Å². The van der Waals surface area contributed by atoms with Gasteiger partial charge in [-0.3, -0.25) is 4.79 Å². The maximum atomic E-state index is 10.5. The van der Waals surface area contributed by atoms with Crippen molar-refractivity contribution in [1.29, 1.82) is 0 Å². The first-order valence-corrected chi connectivity index (χ1v) is 6.10. The molecule has 2 rings (SSSR count). The van der Waals surface area contributed by atoms with Crippen molar-refractivity contribution >= 4 is 22.9 Å². The van der Waals surface area contributed by atoms with Gasteiger partial charge in [-0.05, 0) is 6.42 Å². The van der Waals surface area contributed by atoms with Crippen LogP contribution in [0.15, 0.2) is 5.38 Å². The van der Waals surface area contributed by atoms with E-state index in [0.29, 0.717) is 0 Å². The molecule has 4 nitrogen and oxygen atoms in total. The van der Waals surface area contributed by atoms with Gasteiger partial charge in [0.25, 0.3) is 0 Å². The quantitative estimate of drug-likeness (QED) is 0.720. The lowest BCUT2D eigenvalue weighted by atomic mass is 10.3. The molecular formula is C10H15N3OS. The van der Waals surface area contributed by atoms with E-state index in [1.165, 1.54) is 0 Å². The van der Waals surface area contributed by atoms with Crippen molar-refractivity contribution in [2.24, 2.45) is 0 Å². The van der Waals surface area contributed by atoms with Crippen LogP contribution in [0.3, 0.4) is 0 Å². The first-order chi connectivity index (χ1) is 7.33. The Morgan fingerprint density at radius 2 is 2.20 bits per heavy atom. The first-order valence-electron chi connectivity index (χ1n) is 5.22. The largest absolute Gasteiger partial charge is 0.345 e. The van der Waals surface area contributed by atoms with Crippen LogP contribution in [0.5, 0.6) is 0 Å². The predicted octanol–water partition coefficient (Wildman–Crippen LogP) is 0.984. The Morgan fingerprint density at radius 1 is 1.47 bits per heavy atom. The van der Waals surface area contributed by atoms with Gasteiger partial charge in [0, 0.05) is 31.6 Å². The van der Waals surface area contributed by atoms with Gasteiger partial charge in [0.15, 0.2) is 5.13 Å². The molecule has 0 atom stereocenters. The van der Waals surface area contributed by atoms with Gasteiger partial charge in [0.2, 0.25) is 6.41 Å². The highest BCUT2D eigenvalue weighted by Gasteiger charge is 2.17. The summed E-state index contributed by atoms with van der Waals surface area (Å²) in [4.78, 5) is 19.2. The van der Waals surface area contributed by atoms with Crippen LogP contribution < -0.4 is 4.90 Å². The SMILES string of the molecule is CCc1csc(N2CCN(C=O)CC2)n1. The van der Waals surface area contributed by atoms with E-state index in [-0.39, 0.29) is 0 Å². The predicted molar refractivity (Wildman–Crippen MR) is 61.3 cm³/mol. The molecule has 0 unspecified atom stereocenters. The molecule has 0 aliphatic carbocycles. The monoisotopic (exact) mass is 225 g/mol. The maximum absolute atomic E-state index is 10.5. The lowest BCUT2D eigenvalue weighted by Crippen LogP contribution is -2.45. The van der Waals surface area contributed by atoms with Crippen LogP contribution in [0.1, 0.15) is 12.6 Å². The van der Waals surface area contributed by atoms with Crippen LogP contribution in [0, 0.1) is 0 Å². The smallest absolute Gasteiger partial charge is 0.209 e. The molecule has 0 saturated carbocycles. The number of aromatic nitrogens is 1. The molecule has 0 radical (unpaired) electrons. The Bertz CT molecular complexity index is 331. The summed E-state index contributed by atoms with van der Waals surface area (Å²) in [5.41, 5.74) is 1.16. The van der Waals surface area contributed by atoms with E-state index in [1.54, 1.807) is 11.3 Å². The molecule has 1 fully saturated rings. The molecule has 1 aliphatic heterocycles. The number of hydrogen-bond donors (Lipinski definition) is 0. The number of nitrogens with zero attached hydrogens (tertiary/aromatic N) is 3. The summed E-state index contributed by atoms with van der Waals surface area (Å²) in [6, 6.07) is 0. The molecular weight excluding hydrogens is 210 g/mol. The summed E-state index contributed by atoms with van der Waals surface area (Å²) >= 11 is 1.70. The van der Waals surface area contributed by atoms with Gasteiger partial charge in [-0.25, -0.2) is 4.98 Å². The minimum atomic E-state index is 0.810. The average Bonchev–Trinajstić information content (AvgIpc) is 2.78. The topological polar surface area (TPSA) is 36.4 Å². The normalized spacial score (nSPS) is 16.9. The van der Waals surface area contributed by atoms with Crippen molar-refractivity contribution in [3.8, 4) is 0 Å². The van der Waals surface area contributed by atoms with E-state index in [4.69, 9.17) is 0 Å². The minimum absolute atomic E-state index is 0.810. The highest BCUT2D eigenvalue weighted by atomic mass is 32.1. The molecule has 0 spiro atoms. The summed E-state index contributed by atoms with van der Waals surface area (Å²) in [6.45, 7) is 5.53. The maximum Gasteiger partial charge on any atom is 0.209 e. The van der Waals surface area contributed by atoms with Crippen LogP contribution in [0.2, 0.25) is 0 Å². The summed E-state index contributed by atoms with van der Waals surface area (Å²) in [7, 11) is 0. The number of hydrogen-bond acceptors (Lipinski definition) is 4. The highest BCUT2D eigenvalue weighted by molar-refractivity contribution is 7.13. The number of anilines is 1. The number of aryl methyl sites for hydroxylation is 1. The fourth-order valence-electron chi connectivity index (χ4n) is 1.62. The Balaban J connectivity index is 1.97. The van der Waals surface area contributed by atoms with Gasteiger partial charge in [-0.15, -0.1) is 11.3 Å². The third-order valence-corrected chi connectivity index (χ3v) is 3.59. The van der Waals surface area contributed by atoms with Crippen LogP contribution in [-0.2, 0) is 11.2 Å². The van der Waals surface area contributed by atoms with Crippen molar-refractivity contribution in [3.63, 3.8) is 0 Å². The molecule has 15 heavy (non-hydrogen) atoms. The van der Waals surface area contributed by atoms with Gasteiger partial charge < -0.3 is 9.80 Å². The molecule has 1 aliphatic rings. The molecule has 0 aromatic carbocycles. The van der Waals surface area contributed by atoms with Crippen LogP contribution in [-0.4, -0.2) is 42.5 Å². The number of carbonyl (C=O) groups excluding carboxylic acids is 1. The second kappa shape index (κ2) is 4.61. The summed E-state index contributed by atoms with van der Waals surface area (Å²) < 4.78 is 0. The second-order valence-electron chi connectivity index (χ2n) is 3.60. The second-order valence-corrected chi connectivity index (χ2v) is 4.44. The van der Waals surface area contributed by atoms with Gasteiger partial charge >= 0.3 is 0 Å². The fourth-order valence-corrected chi connectivity index (χ4v) is 2.58. The molecule has 0 bridgehead atoms. The van der Waals surface area contributed by atoms with Crippen molar-refractivity contribution in [2.45, 2.75) is 13.3 Å². The van der Waals surface area contributed by atoms with Gasteiger partial charge in [0.1, 0.15) is 0 Å². The highest BCUT2D eigenvalue weighted by Crippen LogP contribution is 2.21. The zero-order valence-electron chi connectivity index (χ0n) is 8.85.